The predicted molar refractivity (Wildman–Crippen MR) is 88.8 cm³/mol. The third kappa shape index (κ3) is 2.40. The normalized spacial score (nSPS) is 19.0. The summed E-state index contributed by atoms with van der Waals surface area (Å²) in [5.74, 6) is 0.850. The van der Waals surface area contributed by atoms with Crippen LogP contribution >= 0.6 is 12.4 Å². The van der Waals surface area contributed by atoms with Gasteiger partial charge in [0.05, 0.1) is 12.7 Å². The van der Waals surface area contributed by atoms with Gasteiger partial charge >= 0.3 is 7.12 Å². The lowest BCUT2D eigenvalue weighted by atomic mass is 9.75. The Hall–Kier alpha value is -1.53. The van der Waals surface area contributed by atoms with E-state index < -0.39 is 0 Å². The van der Waals surface area contributed by atoms with Gasteiger partial charge in [-0.3, -0.25) is 0 Å². The van der Waals surface area contributed by atoms with E-state index >= 15 is 0 Å². The summed E-state index contributed by atoms with van der Waals surface area (Å²) in [7, 11) is -0.366. The zero-order chi connectivity index (χ0) is 14.2. The summed E-state index contributed by atoms with van der Waals surface area (Å²) >= 11 is 0. The van der Waals surface area contributed by atoms with Crippen molar-refractivity contribution in [2.24, 2.45) is 5.73 Å². The maximum atomic E-state index is 5.98. The maximum Gasteiger partial charge on any atom is 0.498 e. The number of hydrogen-bond donors (Lipinski definition) is 1. The zero-order valence-electron chi connectivity index (χ0n) is 12.0. The van der Waals surface area contributed by atoms with Crippen LogP contribution in [-0.4, -0.2) is 26.9 Å². The van der Waals surface area contributed by atoms with Crippen molar-refractivity contribution in [3.05, 3.63) is 48.0 Å². The molecule has 0 saturated carbocycles. The second-order valence-electron chi connectivity index (χ2n) is 5.22. The molecule has 6 heteroatoms. The summed E-state index contributed by atoms with van der Waals surface area (Å²) in [4.78, 5) is 0. The summed E-state index contributed by atoms with van der Waals surface area (Å²) in [5.41, 5.74) is 10.3. The fraction of sp³-hybridized carbons (Fsp3) is 0.250. The van der Waals surface area contributed by atoms with Gasteiger partial charge in [-0.15, -0.1) is 12.4 Å². The molecule has 0 saturated heterocycles. The molecule has 1 atom stereocenters. The van der Waals surface area contributed by atoms with E-state index in [1.807, 2.05) is 24.3 Å². The van der Waals surface area contributed by atoms with Crippen LogP contribution in [0, 0.1) is 0 Å². The van der Waals surface area contributed by atoms with E-state index in [4.69, 9.17) is 19.8 Å². The molecule has 4 nitrogen and oxygen atoms in total. The Labute approximate surface area is 136 Å². The molecule has 0 bridgehead atoms. The SMILES string of the molecule is Cl.NC[C@H]1OB2OCCOc3ccc(-c4ccccc4)c1c32. The third-order valence-electron chi connectivity index (χ3n) is 4.00. The number of hydrogen-bond acceptors (Lipinski definition) is 4. The molecule has 4 rings (SSSR count). The Bertz CT molecular complexity index is 668. The van der Waals surface area contributed by atoms with Gasteiger partial charge in [-0.05, 0) is 22.8 Å². The number of benzene rings is 2. The minimum Gasteiger partial charge on any atom is -0.492 e. The number of halogens is 1. The molecule has 2 aliphatic heterocycles. The van der Waals surface area contributed by atoms with Crippen molar-refractivity contribution in [3.8, 4) is 16.9 Å². The van der Waals surface area contributed by atoms with Gasteiger partial charge < -0.3 is 19.8 Å². The van der Waals surface area contributed by atoms with Crippen molar-refractivity contribution in [1.82, 2.24) is 0 Å². The van der Waals surface area contributed by atoms with E-state index in [0.29, 0.717) is 19.8 Å². The van der Waals surface area contributed by atoms with Crippen LogP contribution < -0.4 is 15.9 Å². The Morgan fingerprint density at radius 3 is 2.68 bits per heavy atom. The summed E-state index contributed by atoms with van der Waals surface area (Å²) in [6.07, 6.45) is -0.151. The van der Waals surface area contributed by atoms with Crippen LogP contribution in [0.5, 0.6) is 5.75 Å². The fourth-order valence-corrected chi connectivity index (χ4v) is 3.09. The predicted octanol–water partition coefficient (Wildman–Crippen LogP) is 1.91. The minimum absolute atomic E-state index is 0. The minimum atomic E-state index is -0.366. The monoisotopic (exact) mass is 317 g/mol. The lowest BCUT2D eigenvalue weighted by Crippen LogP contribution is -2.31. The van der Waals surface area contributed by atoms with Gasteiger partial charge in [0.1, 0.15) is 12.4 Å². The van der Waals surface area contributed by atoms with E-state index in [-0.39, 0.29) is 25.6 Å². The summed E-state index contributed by atoms with van der Waals surface area (Å²) in [5, 5.41) is 0. The topological polar surface area (TPSA) is 53.7 Å². The third-order valence-corrected chi connectivity index (χ3v) is 4.00. The van der Waals surface area contributed by atoms with Gasteiger partial charge in [-0.25, -0.2) is 0 Å². The molecule has 0 radical (unpaired) electrons. The second-order valence-corrected chi connectivity index (χ2v) is 5.22. The van der Waals surface area contributed by atoms with Gasteiger partial charge in [0, 0.05) is 12.0 Å². The van der Waals surface area contributed by atoms with Gasteiger partial charge in [-0.1, -0.05) is 36.4 Å². The first-order valence-electron chi connectivity index (χ1n) is 7.20. The van der Waals surface area contributed by atoms with Crippen molar-refractivity contribution in [2.75, 3.05) is 19.8 Å². The van der Waals surface area contributed by atoms with Crippen LogP contribution in [0.4, 0.5) is 0 Å². The van der Waals surface area contributed by atoms with Crippen LogP contribution in [-0.2, 0) is 9.31 Å². The van der Waals surface area contributed by atoms with Crippen molar-refractivity contribution < 1.29 is 14.0 Å². The van der Waals surface area contributed by atoms with Gasteiger partial charge in [-0.2, -0.15) is 0 Å². The number of rotatable bonds is 2. The zero-order valence-corrected chi connectivity index (χ0v) is 12.8. The summed E-state index contributed by atoms with van der Waals surface area (Å²) in [6, 6.07) is 14.4. The molecule has 0 fully saturated rings. The Balaban J connectivity index is 0.00000144. The first-order chi connectivity index (χ1) is 10.4. The van der Waals surface area contributed by atoms with E-state index in [9.17, 15) is 0 Å². The molecule has 2 aliphatic rings. The Kier molecular flexibility index (Phi) is 4.40. The summed E-state index contributed by atoms with van der Waals surface area (Å²) < 4.78 is 17.5. The highest BCUT2D eigenvalue weighted by Gasteiger charge is 2.42. The van der Waals surface area contributed by atoms with Crippen molar-refractivity contribution in [3.63, 3.8) is 0 Å². The van der Waals surface area contributed by atoms with Crippen molar-refractivity contribution in [1.29, 1.82) is 0 Å². The van der Waals surface area contributed by atoms with E-state index in [1.54, 1.807) is 0 Å². The highest BCUT2D eigenvalue weighted by Crippen LogP contribution is 2.37. The van der Waals surface area contributed by atoms with Crippen molar-refractivity contribution >= 4 is 25.0 Å². The molecule has 22 heavy (non-hydrogen) atoms. The molecule has 114 valence electrons. The van der Waals surface area contributed by atoms with Gasteiger partial charge in [0.15, 0.2) is 0 Å². The molecule has 2 heterocycles. The molecule has 0 amide bonds. The molecule has 0 aliphatic carbocycles. The molecule has 0 spiro atoms. The average molecular weight is 318 g/mol. The summed E-state index contributed by atoms with van der Waals surface area (Å²) in [6.45, 7) is 1.50. The van der Waals surface area contributed by atoms with Crippen LogP contribution in [0.3, 0.4) is 0 Å². The average Bonchev–Trinajstić information content (AvgIpc) is 2.78. The smallest absolute Gasteiger partial charge is 0.492 e. The standard InChI is InChI=1S/C16H16BNO3.ClH/c18-10-14-15-12(11-4-2-1-3-5-11)6-7-13-16(15)17(21-14)20-9-8-19-13;/h1-7,14H,8-10,18H2;1H/t14-;/m1./s1. The Morgan fingerprint density at radius 2 is 1.91 bits per heavy atom. The molecule has 2 aromatic rings. The molecule has 2 aromatic carbocycles. The largest absolute Gasteiger partial charge is 0.498 e. The van der Waals surface area contributed by atoms with Crippen molar-refractivity contribution in [2.45, 2.75) is 6.10 Å². The highest BCUT2D eigenvalue weighted by molar-refractivity contribution is 6.64. The maximum absolute atomic E-state index is 5.98. The van der Waals surface area contributed by atoms with Crippen LogP contribution in [0.1, 0.15) is 11.7 Å². The van der Waals surface area contributed by atoms with Gasteiger partial charge in [0.2, 0.25) is 0 Å². The molecule has 0 unspecified atom stereocenters. The molecular weight excluding hydrogens is 300 g/mol. The first kappa shape index (κ1) is 15.4. The van der Waals surface area contributed by atoms with E-state index in [2.05, 4.69) is 18.2 Å². The second kappa shape index (κ2) is 6.30. The van der Waals surface area contributed by atoms with E-state index in [1.165, 1.54) is 0 Å². The molecule has 2 N–H and O–H groups in total. The number of ether oxygens (including phenoxy) is 1. The van der Waals surface area contributed by atoms with Crippen LogP contribution in [0.15, 0.2) is 42.5 Å². The van der Waals surface area contributed by atoms with Crippen LogP contribution in [0.25, 0.3) is 11.1 Å². The molecule has 0 aromatic heterocycles. The lowest BCUT2D eigenvalue weighted by molar-refractivity contribution is 0.148. The fourth-order valence-electron chi connectivity index (χ4n) is 3.09. The van der Waals surface area contributed by atoms with E-state index in [0.717, 1.165) is 27.9 Å². The first-order valence-corrected chi connectivity index (χ1v) is 7.20. The molecular formula is C16H17BClNO3. The Morgan fingerprint density at radius 1 is 1.09 bits per heavy atom. The van der Waals surface area contributed by atoms with Crippen LogP contribution in [0.2, 0.25) is 0 Å². The van der Waals surface area contributed by atoms with Gasteiger partial charge in [0.25, 0.3) is 0 Å². The number of nitrogens with two attached hydrogens (primary N) is 1. The lowest BCUT2D eigenvalue weighted by Gasteiger charge is -2.16. The highest BCUT2D eigenvalue weighted by atomic mass is 35.5. The quantitative estimate of drug-likeness (QED) is 0.860.